The zero-order valence-corrected chi connectivity index (χ0v) is 18.9. The molecule has 1 atom stereocenters. The van der Waals surface area contributed by atoms with Gasteiger partial charge in [-0.3, -0.25) is 9.20 Å². The highest BCUT2D eigenvalue weighted by Gasteiger charge is 2.30. The highest BCUT2D eigenvalue weighted by Crippen LogP contribution is 2.28. The van der Waals surface area contributed by atoms with Crippen LogP contribution in [0.25, 0.3) is 16.9 Å². The predicted molar refractivity (Wildman–Crippen MR) is 129 cm³/mol. The molecule has 0 saturated carbocycles. The number of pyridine rings is 2. The molecule has 5 rings (SSSR count). The fourth-order valence-corrected chi connectivity index (χ4v) is 4.42. The SMILES string of the molecule is COc1ccc(N2CC[C@@H](C)N(C(=O)c3nc4ccccn4c3-c3ccccc3)CC2)nc1. The van der Waals surface area contributed by atoms with Crippen molar-refractivity contribution in [1.29, 1.82) is 0 Å². The number of ether oxygens (including phenoxy) is 1. The minimum absolute atomic E-state index is 0.0328. The topological polar surface area (TPSA) is 63.0 Å². The number of methoxy groups -OCH3 is 1. The van der Waals surface area contributed by atoms with E-state index in [4.69, 9.17) is 9.72 Å². The lowest BCUT2D eigenvalue weighted by molar-refractivity contribution is 0.0700. The normalized spacial score (nSPS) is 16.6. The van der Waals surface area contributed by atoms with E-state index in [0.29, 0.717) is 18.8 Å². The van der Waals surface area contributed by atoms with Crippen molar-refractivity contribution in [2.45, 2.75) is 19.4 Å². The second kappa shape index (κ2) is 8.94. The quantitative estimate of drug-likeness (QED) is 0.476. The second-order valence-corrected chi connectivity index (χ2v) is 8.28. The van der Waals surface area contributed by atoms with E-state index in [1.54, 1.807) is 13.3 Å². The maximum Gasteiger partial charge on any atom is 0.275 e. The van der Waals surface area contributed by atoms with Gasteiger partial charge in [0, 0.05) is 37.4 Å². The van der Waals surface area contributed by atoms with Gasteiger partial charge in [-0.1, -0.05) is 36.4 Å². The number of fused-ring (bicyclic) bond motifs is 1. The monoisotopic (exact) mass is 441 g/mol. The van der Waals surface area contributed by atoms with Crippen molar-refractivity contribution in [1.82, 2.24) is 19.3 Å². The lowest BCUT2D eigenvalue weighted by Crippen LogP contribution is -2.40. The molecule has 33 heavy (non-hydrogen) atoms. The van der Waals surface area contributed by atoms with Crippen LogP contribution in [-0.4, -0.2) is 58.0 Å². The van der Waals surface area contributed by atoms with E-state index in [0.717, 1.165) is 41.4 Å². The van der Waals surface area contributed by atoms with Crippen molar-refractivity contribution < 1.29 is 9.53 Å². The molecule has 0 bridgehead atoms. The average molecular weight is 442 g/mol. The molecule has 0 radical (unpaired) electrons. The fraction of sp³-hybridized carbons (Fsp3) is 0.269. The summed E-state index contributed by atoms with van der Waals surface area (Å²) in [4.78, 5) is 27.3. The smallest absolute Gasteiger partial charge is 0.275 e. The zero-order chi connectivity index (χ0) is 22.8. The van der Waals surface area contributed by atoms with Gasteiger partial charge in [0.1, 0.15) is 17.2 Å². The summed E-state index contributed by atoms with van der Waals surface area (Å²) in [6.45, 7) is 4.26. The van der Waals surface area contributed by atoms with Gasteiger partial charge >= 0.3 is 0 Å². The molecule has 1 aliphatic rings. The summed E-state index contributed by atoms with van der Waals surface area (Å²) >= 11 is 0. The molecule has 0 aliphatic carbocycles. The van der Waals surface area contributed by atoms with Gasteiger partial charge in [0.25, 0.3) is 5.91 Å². The number of hydrogen-bond acceptors (Lipinski definition) is 5. The van der Waals surface area contributed by atoms with Gasteiger partial charge in [-0.2, -0.15) is 0 Å². The van der Waals surface area contributed by atoms with Gasteiger partial charge in [0.05, 0.1) is 19.0 Å². The third-order valence-corrected chi connectivity index (χ3v) is 6.28. The zero-order valence-electron chi connectivity index (χ0n) is 18.9. The Morgan fingerprint density at radius 1 is 1.00 bits per heavy atom. The molecule has 1 amide bonds. The minimum Gasteiger partial charge on any atom is -0.495 e. The summed E-state index contributed by atoms with van der Waals surface area (Å²) in [6.07, 6.45) is 4.55. The van der Waals surface area contributed by atoms with E-state index >= 15 is 0 Å². The number of aromatic nitrogens is 3. The van der Waals surface area contributed by atoms with Crippen molar-refractivity contribution in [3.63, 3.8) is 0 Å². The first kappa shape index (κ1) is 21.0. The van der Waals surface area contributed by atoms with Gasteiger partial charge < -0.3 is 14.5 Å². The number of carbonyl (C=O) groups excluding carboxylic acids is 1. The van der Waals surface area contributed by atoms with Crippen molar-refractivity contribution in [2.24, 2.45) is 0 Å². The Kier molecular flexibility index (Phi) is 5.69. The Hall–Kier alpha value is -3.87. The molecule has 4 heterocycles. The van der Waals surface area contributed by atoms with Crippen LogP contribution in [0.4, 0.5) is 5.82 Å². The highest BCUT2D eigenvalue weighted by molar-refractivity contribution is 5.99. The second-order valence-electron chi connectivity index (χ2n) is 8.28. The molecule has 4 aromatic rings. The van der Waals surface area contributed by atoms with Crippen LogP contribution in [0.1, 0.15) is 23.8 Å². The number of anilines is 1. The first-order chi connectivity index (χ1) is 16.2. The van der Waals surface area contributed by atoms with E-state index in [-0.39, 0.29) is 11.9 Å². The molecule has 0 spiro atoms. The molecule has 0 N–H and O–H groups in total. The van der Waals surface area contributed by atoms with Crippen LogP contribution in [-0.2, 0) is 0 Å². The van der Waals surface area contributed by atoms with Crippen molar-refractivity contribution >= 4 is 17.4 Å². The van der Waals surface area contributed by atoms with Crippen molar-refractivity contribution in [3.8, 4) is 17.0 Å². The standard InChI is InChI=1S/C26H27N5O2/c1-19-13-15-29(22-12-11-21(33-2)18-27-22)16-17-30(19)26(32)24-25(20-8-4-3-5-9-20)31-14-7-6-10-23(31)28-24/h3-12,14,18-19H,13,15-17H2,1-2H3/t19-/m1/s1. The largest absolute Gasteiger partial charge is 0.495 e. The van der Waals surface area contributed by atoms with Gasteiger partial charge in [0.15, 0.2) is 5.69 Å². The number of imidazole rings is 1. The summed E-state index contributed by atoms with van der Waals surface area (Å²) in [5, 5.41) is 0. The summed E-state index contributed by atoms with van der Waals surface area (Å²) in [7, 11) is 1.64. The van der Waals surface area contributed by atoms with Crippen LogP contribution in [0.5, 0.6) is 5.75 Å². The molecule has 1 saturated heterocycles. The minimum atomic E-state index is -0.0328. The summed E-state index contributed by atoms with van der Waals surface area (Å²) < 4.78 is 7.22. The molecule has 168 valence electrons. The van der Waals surface area contributed by atoms with Gasteiger partial charge in [-0.15, -0.1) is 0 Å². The van der Waals surface area contributed by atoms with Crippen LogP contribution < -0.4 is 9.64 Å². The van der Waals surface area contributed by atoms with Gasteiger partial charge in [0.2, 0.25) is 0 Å². The summed E-state index contributed by atoms with van der Waals surface area (Å²) in [6, 6.07) is 19.8. The molecule has 1 fully saturated rings. The lowest BCUT2D eigenvalue weighted by Gasteiger charge is -2.26. The first-order valence-corrected chi connectivity index (χ1v) is 11.2. The van der Waals surface area contributed by atoms with Crippen molar-refractivity contribution in [3.05, 3.63) is 78.8 Å². The van der Waals surface area contributed by atoms with Crippen LogP contribution in [0.3, 0.4) is 0 Å². The Bertz CT molecular complexity index is 1250. The number of hydrogen-bond donors (Lipinski definition) is 0. The van der Waals surface area contributed by atoms with Crippen LogP contribution in [0.15, 0.2) is 73.1 Å². The Morgan fingerprint density at radius 2 is 1.82 bits per heavy atom. The van der Waals surface area contributed by atoms with Gasteiger partial charge in [-0.05, 0) is 37.6 Å². The predicted octanol–water partition coefficient (Wildman–Crippen LogP) is 4.15. The molecule has 7 nitrogen and oxygen atoms in total. The van der Waals surface area contributed by atoms with E-state index in [9.17, 15) is 4.79 Å². The van der Waals surface area contributed by atoms with Gasteiger partial charge in [-0.25, -0.2) is 9.97 Å². The van der Waals surface area contributed by atoms with Crippen LogP contribution in [0, 0.1) is 0 Å². The number of carbonyl (C=O) groups is 1. The molecule has 7 heteroatoms. The van der Waals surface area contributed by atoms with Crippen molar-refractivity contribution in [2.75, 3.05) is 31.6 Å². The number of rotatable bonds is 4. The third-order valence-electron chi connectivity index (χ3n) is 6.28. The lowest BCUT2D eigenvalue weighted by atomic mass is 10.1. The van der Waals surface area contributed by atoms with E-state index in [1.807, 2.05) is 76.2 Å². The van der Waals surface area contributed by atoms with Crippen LogP contribution in [0.2, 0.25) is 0 Å². The molecule has 0 unspecified atom stereocenters. The molecule has 3 aromatic heterocycles. The molecular formula is C26H27N5O2. The third kappa shape index (κ3) is 4.02. The molecule has 1 aliphatic heterocycles. The van der Waals surface area contributed by atoms with E-state index in [1.165, 1.54) is 0 Å². The fourth-order valence-electron chi connectivity index (χ4n) is 4.42. The van der Waals surface area contributed by atoms with Crippen LogP contribution >= 0.6 is 0 Å². The summed E-state index contributed by atoms with van der Waals surface area (Å²) in [5.74, 6) is 1.60. The maximum atomic E-state index is 13.9. The molecule has 1 aromatic carbocycles. The first-order valence-electron chi connectivity index (χ1n) is 11.2. The van der Waals surface area contributed by atoms with E-state index in [2.05, 4.69) is 16.8 Å². The Balaban J connectivity index is 1.45. The van der Waals surface area contributed by atoms with E-state index < -0.39 is 0 Å². The highest BCUT2D eigenvalue weighted by atomic mass is 16.5. The number of amides is 1. The average Bonchev–Trinajstić information content (AvgIpc) is 3.15. The molecular weight excluding hydrogens is 414 g/mol. The Morgan fingerprint density at radius 3 is 2.58 bits per heavy atom. The maximum absolute atomic E-state index is 13.9. The Labute approximate surface area is 193 Å². The number of nitrogens with zero attached hydrogens (tertiary/aromatic N) is 5. The summed E-state index contributed by atoms with van der Waals surface area (Å²) in [5.41, 5.74) is 3.08. The number of benzene rings is 1.